The van der Waals surface area contributed by atoms with Crippen LogP contribution < -0.4 is 11.1 Å². The fourth-order valence-electron chi connectivity index (χ4n) is 1.91. The SMILES string of the molecule is Cc1cc(NC(=O)CN2CCC(N)CC2)on1.Cl. The maximum atomic E-state index is 11.7. The molecular formula is C11H19ClN4O2. The molecule has 6 nitrogen and oxygen atoms in total. The van der Waals surface area contributed by atoms with Gasteiger partial charge < -0.3 is 10.3 Å². The van der Waals surface area contributed by atoms with Crippen LogP contribution in [0.15, 0.2) is 10.6 Å². The normalized spacial score (nSPS) is 17.2. The number of likely N-dealkylation sites (tertiary alicyclic amines) is 1. The van der Waals surface area contributed by atoms with Crippen LogP contribution in [0, 0.1) is 6.92 Å². The first-order chi connectivity index (χ1) is 8.13. The molecule has 102 valence electrons. The van der Waals surface area contributed by atoms with Gasteiger partial charge in [-0.2, -0.15) is 0 Å². The number of rotatable bonds is 3. The van der Waals surface area contributed by atoms with Crippen LogP contribution in [-0.2, 0) is 4.79 Å². The fraction of sp³-hybridized carbons (Fsp3) is 0.636. The highest BCUT2D eigenvalue weighted by molar-refractivity contribution is 5.90. The van der Waals surface area contributed by atoms with Crippen molar-refractivity contribution < 1.29 is 9.32 Å². The summed E-state index contributed by atoms with van der Waals surface area (Å²) < 4.78 is 4.92. The summed E-state index contributed by atoms with van der Waals surface area (Å²) in [5.74, 6) is 0.331. The minimum atomic E-state index is -0.0726. The summed E-state index contributed by atoms with van der Waals surface area (Å²) in [6.45, 7) is 3.95. The molecule has 0 spiro atoms. The van der Waals surface area contributed by atoms with Crippen molar-refractivity contribution in [2.45, 2.75) is 25.8 Å². The van der Waals surface area contributed by atoms with Gasteiger partial charge in [0.05, 0.1) is 12.2 Å². The molecule has 0 atom stereocenters. The molecule has 0 saturated carbocycles. The summed E-state index contributed by atoms with van der Waals surface area (Å²) in [5, 5.41) is 6.39. The lowest BCUT2D eigenvalue weighted by molar-refractivity contribution is -0.117. The van der Waals surface area contributed by atoms with Gasteiger partial charge >= 0.3 is 0 Å². The van der Waals surface area contributed by atoms with Gasteiger partial charge in [-0.25, -0.2) is 0 Å². The summed E-state index contributed by atoms with van der Waals surface area (Å²) in [6.07, 6.45) is 1.91. The highest BCUT2D eigenvalue weighted by Crippen LogP contribution is 2.10. The van der Waals surface area contributed by atoms with E-state index in [9.17, 15) is 4.79 Å². The van der Waals surface area contributed by atoms with E-state index in [1.165, 1.54) is 0 Å². The number of carbonyl (C=O) groups excluding carboxylic acids is 1. The highest BCUT2D eigenvalue weighted by Gasteiger charge is 2.18. The number of halogens is 1. The Morgan fingerprint density at radius 2 is 2.28 bits per heavy atom. The molecule has 1 saturated heterocycles. The summed E-state index contributed by atoms with van der Waals surface area (Å²) in [5.41, 5.74) is 6.56. The number of amides is 1. The van der Waals surface area contributed by atoms with E-state index in [0.29, 0.717) is 12.4 Å². The lowest BCUT2D eigenvalue weighted by Gasteiger charge is -2.29. The number of nitrogens with one attached hydrogen (secondary N) is 1. The van der Waals surface area contributed by atoms with Crippen LogP contribution in [0.4, 0.5) is 5.88 Å². The molecule has 2 heterocycles. The number of hydrogen-bond donors (Lipinski definition) is 2. The Balaban J connectivity index is 0.00000162. The minimum absolute atomic E-state index is 0. The molecule has 18 heavy (non-hydrogen) atoms. The number of piperidine rings is 1. The maximum Gasteiger partial charge on any atom is 0.240 e. The van der Waals surface area contributed by atoms with Gasteiger partial charge in [-0.3, -0.25) is 15.0 Å². The molecule has 3 N–H and O–H groups in total. The zero-order chi connectivity index (χ0) is 12.3. The summed E-state index contributed by atoms with van der Waals surface area (Å²) in [7, 11) is 0. The number of nitrogens with two attached hydrogens (primary N) is 1. The van der Waals surface area contributed by atoms with E-state index in [1.807, 2.05) is 6.92 Å². The molecule has 1 aliphatic rings. The molecule has 1 fully saturated rings. The van der Waals surface area contributed by atoms with Gasteiger partial charge in [0.2, 0.25) is 11.8 Å². The first kappa shape index (κ1) is 14.9. The predicted molar refractivity (Wildman–Crippen MR) is 70.8 cm³/mol. The van der Waals surface area contributed by atoms with Gasteiger partial charge in [0, 0.05) is 25.2 Å². The average molecular weight is 275 g/mol. The second-order valence-corrected chi connectivity index (χ2v) is 4.49. The fourth-order valence-corrected chi connectivity index (χ4v) is 1.91. The van der Waals surface area contributed by atoms with Crippen LogP contribution in [0.5, 0.6) is 0 Å². The van der Waals surface area contributed by atoms with Crippen molar-refractivity contribution in [2.75, 3.05) is 25.0 Å². The molecule has 1 aliphatic heterocycles. The van der Waals surface area contributed by atoms with Crippen LogP contribution in [0.2, 0.25) is 0 Å². The van der Waals surface area contributed by atoms with Crippen LogP contribution in [0.3, 0.4) is 0 Å². The first-order valence-corrected chi connectivity index (χ1v) is 5.84. The molecule has 7 heteroatoms. The lowest BCUT2D eigenvalue weighted by atomic mass is 10.1. The van der Waals surface area contributed by atoms with E-state index in [1.54, 1.807) is 6.07 Å². The van der Waals surface area contributed by atoms with Crippen molar-refractivity contribution >= 4 is 24.2 Å². The van der Waals surface area contributed by atoms with Gasteiger partial charge in [-0.15, -0.1) is 12.4 Å². The van der Waals surface area contributed by atoms with Crippen LogP contribution in [0.1, 0.15) is 18.5 Å². The second-order valence-electron chi connectivity index (χ2n) is 4.49. The Bertz CT molecular complexity index is 388. The van der Waals surface area contributed by atoms with Crippen molar-refractivity contribution in [1.29, 1.82) is 0 Å². The van der Waals surface area contributed by atoms with Gasteiger partial charge in [0.1, 0.15) is 0 Å². The van der Waals surface area contributed by atoms with Crippen LogP contribution >= 0.6 is 12.4 Å². The van der Waals surface area contributed by atoms with Crippen LogP contribution in [-0.4, -0.2) is 41.6 Å². The minimum Gasteiger partial charge on any atom is -0.338 e. The number of aromatic nitrogens is 1. The van der Waals surface area contributed by atoms with Gasteiger partial charge in [-0.1, -0.05) is 5.16 Å². The second kappa shape index (κ2) is 6.72. The Morgan fingerprint density at radius 1 is 1.61 bits per heavy atom. The molecule has 0 radical (unpaired) electrons. The average Bonchev–Trinajstić information content (AvgIpc) is 2.67. The smallest absolute Gasteiger partial charge is 0.240 e. The summed E-state index contributed by atoms with van der Waals surface area (Å²) in [4.78, 5) is 13.8. The van der Waals surface area contributed by atoms with Crippen molar-refractivity contribution in [2.24, 2.45) is 5.73 Å². The Kier molecular flexibility index (Phi) is 5.58. The lowest BCUT2D eigenvalue weighted by Crippen LogP contribution is -2.43. The van der Waals surface area contributed by atoms with E-state index >= 15 is 0 Å². The Hall–Kier alpha value is -1.11. The molecule has 2 rings (SSSR count). The number of nitrogens with zero attached hydrogens (tertiary/aromatic N) is 2. The van der Waals surface area contributed by atoms with Crippen LogP contribution in [0.25, 0.3) is 0 Å². The van der Waals surface area contributed by atoms with Crippen molar-refractivity contribution in [3.8, 4) is 0 Å². The van der Waals surface area contributed by atoms with Gasteiger partial charge in [0.15, 0.2) is 0 Å². The molecule has 0 bridgehead atoms. The predicted octanol–water partition coefficient (Wildman–Crippen LogP) is 0.766. The molecule has 0 unspecified atom stereocenters. The number of anilines is 1. The Morgan fingerprint density at radius 3 is 2.83 bits per heavy atom. The molecule has 0 aromatic carbocycles. The molecule has 0 aliphatic carbocycles. The number of aryl methyl sites for hydroxylation is 1. The maximum absolute atomic E-state index is 11.7. The first-order valence-electron chi connectivity index (χ1n) is 5.84. The van der Waals surface area contributed by atoms with E-state index in [-0.39, 0.29) is 24.4 Å². The van der Waals surface area contributed by atoms with Crippen molar-refractivity contribution in [3.05, 3.63) is 11.8 Å². The van der Waals surface area contributed by atoms with Crippen molar-refractivity contribution in [3.63, 3.8) is 0 Å². The summed E-state index contributed by atoms with van der Waals surface area (Å²) in [6, 6.07) is 1.98. The topological polar surface area (TPSA) is 84.4 Å². The van der Waals surface area contributed by atoms with E-state index in [4.69, 9.17) is 10.3 Å². The molecular weight excluding hydrogens is 256 g/mol. The monoisotopic (exact) mass is 274 g/mol. The van der Waals surface area contributed by atoms with E-state index in [2.05, 4.69) is 15.4 Å². The number of hydrogen-bond acceptors (Lipinski definition) is 5. The third kappa shape index (κ3) is 4.29. The standard InChI is InChI=1S/C11H18N4O2.ClH/c1-8-6-11(17-14-8)13-10(16)7-15-4-2-9(12)3-5-15;/h6,9H,2-5,7,12H2,1H3,(H,13,16);1H. The third-order valence-electron chi connectivity index (χ3n) is 2.89. The number of carbonyl (C=O) groups is 1. The van der Waals surface area contributed by atoms with E-state index < -0.39 is 0 Å². The van der Waals surface area contributed by atoms with Gasteiger partial charge in [0.25, 0.3) is 0 Å². The zero-order valence-electron chi connectivity index (χ0n) is 10.4. The quantitative estimate of drug-likeness (QED) is 0.850. The highest BCUT2D eigenvalue weighted by atomic mass is 35.5. The largest absolute Gasteiger partial charge is 0.338 e. The third-order valence-corrected chi connectivity index (χ3v) is 2.89. The van der Waals surface area contributed by atoms with Crippen molar-refractivity contribution in [1.82, 2.24) is 10.1 Å². The zero-order valence-corrected chi connectivity index (χ0v) is 11.2. The molecule has 1 amide bonds. The molecule has 1 aromatic rings. The Labute approximate surface area is 112 Å². The van der Waals surface area contributed by atoms with Gasteiger partial charge in [-0.05, 0) is 19.8 Å². The summed E-state index contributed by atoms with van der Waals surface area (Å²) >= 11 is 0. The molecule has 1 aromatic heterocycles. The van der Waals surface area contributed by atoms with E-state index in [0.717, 1.165) is 31.6 Å².